The lowest BCUT2D eigenvalue weighted by Gasteiger charge is -2.20. The number of ether oxygens (including phenoxy) is 1. The molecule has 0 atom stereocenters. The van der Waals surface area contributed by atoms with E-state index in [2.05, 4.69) is 4.98 Å². The number of amides is 1. The van der Waals surface area contributed by atoms with Gasteiger partial charge in [-0.25, -0.2) is 9.78 Å². The fourth-order valence-electron chi connectivity index (χ4n) is 2.74. The number of aryl methyl sites for hydroxylation is 1. The van der Waals surface area contributed by atoms with E-state index >= 15 is 0 Å². The Morgan fingerprint density at radius 2 is 1.89 bits per heavy atom. The zero-order valence-corrected chi connectivity index (χ0v) is 16.1. The zero-order chi connectivity index (χ0) is 20.1. The fourth-order valence-corrected chi connectivity index (χ4v) is 2.74. The van der Waals surface area contributed by atoms with E-state index in [0.29, 0.717) is 13.1 Å². The van der Waals surface area contributed by atoms with E-state index in [-0.39, 0.29) is 30.2 Å². The van der Waals surface area contributed by atoms with Gasteiger partial charge in [-0.1, -0.05) is 13.3 Å². The lowest BCUT2D eigenvalue weighted by atomic mass is 10.3. The Morgan fingerprint density at radius 3 is 2.52 bits per heavy atom. The van der Waals surface area contributed by atoms with Crippen LogP contribution >= 0.6 is 0 Å². The second-order valence-corrected chi connectivity index (χ2v) is 6.24. The van der Waals surface area contributed by atoms with Crippen LogP contribution in [0.25, 0.3) is 11.2 Å². The third-order valence-corrected chi connectivity index (χ3v) is 4.39. The number of fused-ring (bicyclic) bond motifs is 1. The number of carbonyl (C=O) groups is 2. The van der Waals surface area contributed by atoms with Crippen LogP contribution in [0.15, 0.2) is 15.9 Å². The normalized spacial score (nSPS) is 11.0. The summed E-state index contributed by atoms with van der Waals surface area (Å²) < 4.78 is 8.55. The van der Waals surface area contributed by atoms with Gasteiger partial charge in [-0.05, 0) is 13.3 Å². The molecule has 0 aliphatic heterocycles. The van der Waals surface area contributed by atoms with Crippen LogP contribution in [0, 0.1) is 0 Å². The molecule has 0 fully saturated rings. The minimum atomic E-state index is -0.662. The monoisotopic (exact) mass is 379 g/mol. The maximum absolute atomic E-state index is 12.3. The number of hydrogen-bond acceptors (Lipinski definition) is 6. The van der Waals surface area contributed by atoms with Gasteiger partial charge >= 0.3 is 11.7 Å². The van der Waals surface area contributed by atoms with Gasteiger partial charge in [0.05, 0.1) is 6.33 Å². The van der Waals surface area contributed by atoms with Crippen LogP contribution in [-0.2, 0) is 35.0 Å². The van der Waals surface area contributed by atoms with Crippen molar-refractivity contribution in [2.45, 2.75) is 33.2 Å². The summed E-state index contributed by atoms with van der Waals surface area (Å²) in [6.07, 6.45) is 3.15. The van der Waals surface area contributed by atoms with Gasteiger partial charge in [0.2, 0.25) is 0 Å². The van der Waals surface area contributed by atoms with Gasteiger partial charge in [0.15, 0.2) is 17.8 Å². The van der Waals surface area contributed by atoms with Crippen LogP contribution in [-0.4, -0.2) is 55.2 Å². The average molecular weight is 379 g/mol. The Morgan fingerprint density at radius 1 is 1.19 bits per heavy atom. The van der Waals surface area contributed by atoms with Gasteiger partial charge in [0.1, 0.15) is 6.54 Å². The lowest BCUT2D eigenvalue weighted by molar-refractivity contribution is -0.152. The molecule has 10 nitrogen and oxygen atoms in total. The minimum absolute atomic E-state index is 0.126. The summed E-state index contributed by atoms with van der Waals surface area (Å²) in [7, 11) is 2.85. The Kier molecular flexibility index (Phi) is 6.54. The highest BCUT2D eigenvalue weighted by molar-refractivity contribution is 5.81. The van der Waals surface area contributed by atoms with Gasteiger partial charge in [0, 0.05) is 27.2 Å². The Bertz CT molecular complexity index is 955. The molecular weight excluding hydrogens is 354 g/mol. The van der Waals surface area contributed by atoms with Gasteiger partial charge in [-0.2, -0.15) is 0 Å². The summed E-state index contributed by atoms with van der Waals surface area (Å²) in [5.74, 6) is -0.918. The van der Waals surface area contributed by atoms with E-state index in [1.165, 1.54) is 29.6 Å². The first-order valence-corrected chi connectivity index (χ1v) is 8.86. The molecule has 2 aromatic rings. The average Bonchev–Trinajstić information content (AvgIpc) is 3.07. The molecule has 1 amide bonds. The molecule has 0 aliphatic carbocycles. The largest absolute Gasteiger partial charge is 0.454 e. The molecule has 0 radical (unpaired) electrons. The number of nitrogens with zero attached hydrogens (tertiary/aromatic N) is 5. The van der Waals surface area contributed by atoms with E-state index in [4.69, 9.17) is 4.74 Å². The second kappa shape index (κ2) is 8.65. The Balaban J connectivity index is 2.10. The highest BCUT2D eigenvalue weighted by Gasteiger charge is 2.18. The zero-order valence-electron chi connectivity index (χ0n) is 16.1. The van der Waals surface area contributed by atoms with Crippen molar-refractivity contribution in [1.29, 1.82) is 0 Å². The Labute approximate surface area is 156 Å². The molecule has 0 saturated heterocycles. The first-order chi connectivity index (χ1) is 12.8. The fraction of sp³-hybridized carbons (Fsp3) is 0.588. The van der Waals surface area contributed by atoms with Crippen LogP contribution < -0.4 is 11.2 Å². The van der Waals surface area contributed by atoms with Crippen LogP contribution in [0.3, 0.4) is 0 Å². The van der Waals surface area contributed by atoms with E-state index < -0.39 is 17.2 Å². The number of aromatic nitrogens is 4. The molecule has 0 spiro atoms. The van der Waals surface area contributed by atoms with Crippen molar-refractivity contribution < 1.29 is 14.3 Å². The molecule has 0 saturated carbocycles. The molecular formula is C17H25N5O5. The number of rotatable bonds is 8. The smallest absolute Gasteiger partial charge is 0.332 e. The third-order valence-electron chi connectivity index (χ3n) is 4.39. The van der Waals surface area contributed by atoms with Crippen LogP contribution in [0.4, 0.5) is 0 Å². The predicted octanol–water partition coefficient (Wildman–Crippen LogP) is -0.374. The minimum Gasteiger partial charge on any atom is -0.454 e. The summed E-state index contributed by atoms with van der Waals surface area (Å²) in [6.45, 7) is 4.45. The lowest BCUT2D eigenvalue weighted by Crippen LogP contribution is -2.38. The topological polar surface area (TPSA) is 108 Å². The van der Waals surface area contributed by atoms with Crippen LogP contribution in [0.1, 0.15) is 26.7 Å². The second-order valence-electron chi connectivity index (χ2n) is 6.24. The van der Waals surface area contributed by atoms with Gasteiger partial charge in [-0.3, -0.25) is 23.5 Å². The summed E-state index contributed by atoms with van der Waals surface area (Å²) in [5, 5.41) is 0. The maximum atomic E-state index is 12.3. The standard InChI is InChI=1S/C17H25N5O5/c1-5-7-8-21(6-2)12(23)10-27-13(24)9-22-11-18-15-14(22)16(25)20(4)17(26)19(15)3/h11H,5-10H2,1-4H3. The molecule has 0 aliphatic rings. The molecule has 0 bridgehead atoms. The Hall–Kier alpha value is -2.91. The first-order valence-electron chi connectivity index (χ1n) is 8.86. The molecule has 0 N–H and O–H groups in total. The molecule has 2 heterocycles. The van der Waals surface area contributed by atoms with E-state index in [1.807, 2.05) is 13.8 Å². The molecule has 10 heteroatoms. The molecule has 0 aromatic carbocycles. The number of unbranched alkanes of at least 4 members (excludes halogenated alkanes) is 1. The highest BCUT2D eigenvalue weighted by Crippen LogP contribution is 2.06. The molecule has 0 unspecified atom stereocenters. The summed E-state index contributed by atoms with van der Waals surface area (Å²) >= 11 is 0. The van der Waals surface area contributed by atoms with E-state index in [9.17, 15) is 19.2 Å². The van der Waals surface area contributed by atoms with Crippen molar-refractivity contribution in [3.05, 3.63) is 27.2 Å². The quantitative estimate of drug-likeness (QED) is 0.579. The van der Waals surface area contributed by atoms with Crippen molar-refractivity contribution in [2.24, 2.45) is 14.1 Å². The van der Waals surface area contributed by atoms with Crippen LogP contribution in [0.5, 0.6) is 0 Å². The van der Waals surface area contributed by atoms with Crippen LogP contribution in [0.2, 0.25) is 0 Å². The first kappa shape index (κ1) is 20.4. The number of likely N-dealkylation sites (N-methyl/N-ethyl adjacent to an activating group) is 1. The van der Waals surface area contributed by atoms with Gasteiger partial charge in [0.25, 0.3) is 11.5 Å². The van der Waals surface area contributed by atoms with Crippen molar-refractivity contribution in [3.8, 4) is 0 Å². The number of carbonyl (C=O) groups excluding carboxylic acids is 2. The number of esters is 1. The number of hydrogen-bond donors (Lipinski definition) is 0. The summed E-state index contributed by atoms with van der Waals surface area (Å²) in [6, 6.07) is 0. The summed E-state index contributed by atoms with van der Waals surface area (Å²) in [4.78, 5) is 54.2. The maximum Gasteiger partial charge on any atom is 0.332 e. The third kappa shape index (κ3) is 4.26. The molecule has 148 valence electrons. The summed E-state index contributed by atoms with van der Waals surface area (Å²) in [5.41, 5.74) is -0.742. The molecule has 27 heavy (non-hydrogen) atoms. The van der Waals surface area contributed by atoms with Crippen molar-refractivity contribution >= 4 is 23.0 Å². The van der Waals surface area contributed by atoms with Gasteiger partial charge < -0.3 is 14.2 Å². The van der Waals surface area contributed by atoms with E-state index in [1.54, 1.807) is 4.90 Å². The highest BCUT2D eigenvalue weighted by atomic mass is 16.5. The van der Waals surface area contributed by atoms with Crippen molar-refractivity contribution in [2.75, 3.05) is 19.7 Å². The number of imidazole rings is 1. The van der Waals surface area contributed by atoms with Gasteiger partial charge in [-0.15, -0.1) is 0 Å². The SMILES string of the molecule is CCCCN(CC)C(=O)COC(=O)Cn1cnc2c1c(=O)n(C)c(=O)n2C. The van der Waals surface area contributed by atoms with E-state index in [0.717, 1.165) is 17.4 Å². The van der Waals surface area contributed by atoms with Crippen molar-refractivity contribution in [3.63, 3.8) is 0 Å². The molecule has 2 aromatic heterocycles. The predicted molar refractivity (Wildman–Crippen MR) is 98.3 cm³/mol. The van der Waals surface area contributed by atoms with Crippen molar-refractivity contribution in [1.82, 2.24) is 23.6 Å². The molecule has 2 rings (SSSR count).